The van der Waals surface area contributed by atoms with Crippen LogP contribution in [0.3, 0.4) is 0 Å². The van der Waals surface area contributed by atoms with Gasteiger partial charge in [0.25, 0.3) is 0 Å². The van der Waals surface area contributed by atoms with Crippen LogP contribution in [0.1, 0.15) is 19.3 Å². The Labute approximate surface area is 94.4 Å². The molecule has 1 aliphatic carbocycles. The van der Waals surface area contributed by atoms with Gasteiger partial charge in [0.05, 0.1) is 16.3 Å². The molecule has 2 rings (SSSR count). The van der Waals surface area contributed by atoms with Gasteiger partial charge in [0.2, 0.25) is 0 Å². The van der Waals surface area contributed by atoms with Crippen LogP contribution in [-0.4, -0.2) is 14.2 Å². The topological polar surface area (TPSA) is 60.2 Å². The average molecular weight is 243 g/mol. The molecule has 1 aromatic carbocycles. The number of nitrogen functional groups attached to an aromatic ring is 1. The largest absolute Gasteiger partial charge is 0.398 e. The molecule has 0 amide bonds. The van der Waals surface area contributed by atoms with E-state index in [1.807, 2.05) is 0 Å². The Morgan fingerprint density at radius 2 is 2.06 bits per heavy atom. The van der Waals surface area contributed by atoms with Gasteiger partial charge in [-0.3, -0.25) is 0 Å². The number of nitrogens with two attached hydrogens (primary N) is 1. The molecule has 0 bridgehead atoms. The van der Waals surface area contributed by atoms with E-state index in [1.165, 1.54) is 6.07 Å². The van der Waals surface area contributed by atoms with Gasteiger partial charge < -0.3 is 5.73 Å². The Morgan fingerprint density at radius 3 is 2.56 bits per heavy atom. The Balaban J connectivity index is 2.27. The highest BCUT2D eigenvalue weighted by atomic mass is 32.2. The van der Waals surface area contributed by atoms with Gasteiger partial charge in [0, 0.05) is 0 Å². The Morgan fingerprint density at radius 1 is 1.38 bits per heavy atom. The first-order chi connectivity index (χ1) is 7.49. The minimum Gasteiger partial charge on any atom is -0.398 e. The lowest BCUT2D eigenvalue weighted by atomic mass is 9.87. The molecule has 1 saturated carbocycles. The SMILES string of the molecule is Nc1cc(F)ccc1S(=O)(=O)CC1CCC1. The number of hydrogen-bond donors (Lipinski definition) is 1. The van der Waals surface area contributed by atoms with Crippen molar-refractivity contribution in [3.63, 3.8) is 0 Å². The molecule has 0 radical (unpaired) electrons. The molecule has 3 nitrogen and oxygen atoms in total. The van der Waals surface area contributed by atoms with Gasteiger partial charge in [-0.05, 0) is 37.0 Å². The van der Waals surface area contributed by atoms with Crippen molar-refractivity contribution in [2.75, 3.05) is 11.5 Å². The van der Waals surface area contributed by atoms with Crippen molar-refractivity contribution in [3.05, 3.63) is 24.0 Å². The molecule has 1 aromatic rings. The van der Waals surface area contributed by atoms with Crippen molar-refractivity contribution in [2.24, 2.45) is 5.92 Å². The van der Waals surface area contributed by atoms with E-state index in [0.29, 0.717) is 0 Å². The highest BCUT2D eigenvalue weighted by molar-refractivity contribution is 7.91. The van der Waals surface area contributed by atoms with Gasteiger partial charge in [-0.25, -0.2) is 12.8 Å². The zero-order valence-electron chi connectivity index (χ0n) is 8.82. The maximum absolute atomic E-state index is 12.8. The van der Waals surface area contributed by atoms with E-state index in [9.17, 15) is 12.8 Å². The molecule has 0 aliphatic heterocycles. The first-order valence-electron chi connectivity index (χ1n) is 5.27. The zero-order valence-corrected chi connectivity index (χ0v) is 9.63. The smallest absolute Gasteiger partial charge is 0.180 e. The monoisotopic (exact) mass is 243 g/mol. The predicted octanol–water partition coefficient (Wildman–Crippen LogP) is 1.98. The van der Waals surface area contributed by atoms with Crippen LogP contribution >= 0.6 is 0 Å². The van der Waals surface area contributed by atoms with Crippen LogP contribution < -0.4 is 5.73 Å². The lowest BCUT2D eigenvalue weighted by Gasteiger charge is -2.25. The van der Waals surface area contributed by atoms with Crippen molar-refractivity contribution < 1.29 is 12.8 Å². The van der Waals surface area contributed by atoms with Crippen LogP contribution in [0.5, 0.6) is 0 Å². The zero-order chi connectivity index (χ0) is 11.8. The summed E-state index contributed by atoms with van der Waals surface area (Å²) >= 11 is 0. The molecule has 0 atom stereocenters. The van der Waals surface area contributed by atoms with E-state index >= 15 is 0 Å². The molecular weight excluding hydrogens is 229 g/mol. The van der Waals surface area contributed by atoms with Crippen molar-refractivity contribution >= 4 is 15.5 Å². The third-order valence-electron chi connectivity index (χ3n) is 2.99. The first-order valence-corrected chi connectivity index (χ1v) is 6.92. The fourth-order valence-electron chi connectivity index (χ4n) is 1.86. The second-order valence-electron chi connectivity index (χ2n) is 4.26. The molecule has 0 aromatic heterocycles. The maximum atomic E-state index is 12.8. The quantitative estimate of drug-likeness (QED) is 0.652. The molecule has 2 N–H and O–H groups in total. The third-order valence-corrected chi connectivity index (χ3v) is 4.94. The average Bonchev–Trinajstić information content (AvgIpc) is 2.11. The summed E-state index contributed by atoms with van der Waals surface area (Å²) in [6, 6.07) is 3.43. The lowest BCUT2D eigenvalue weighted by molar-refractivity contribution is 0.347. The second-order valence-corrected chi connectivity index (χ2v) is 6.26. The second kappa shape index (κ2) is 4.05. The molecular formula is C11H14FNO2S. The molecule has 0 spiro atoms. The first kappa shape index (κ1) is 11.4. The van der Waals surface area contributed by atoms with Crippen LogP contribution in [0.25, 0.3) is 0 Å². The normalized spacial score (nSPS) is 17.1. The molecule has 5 heteroatoms. The molecule has 16 heavy (non-hydrogen) atoms. The van der Waals surface area contributed by atoms with E-state index in [4.69, 9.17) is 5.73 Å². The van der Waals surface area contributed by atoms with Gasteiger partial charge in [0.1, 0.15) is 5.82 Å². The third kappa shape index (κ3) is 2.19. The summed E-state index contributed by atoms with van der Waals surface area (Å²) in [5.74, 6) is -0.141. The Bertz CT molecular complexity index is 495. The van der Waals surface area contributed by atoms with E-state index < -0.39 is 15.7 Å². The van der Waals surface area contributed by atoms with E-state index in [-0.39, 0.29) is 22.3 Å². The van der Waals surface area contributed by atoms with Crippen LogP contribution in [0, 0.1) is 11.7 Å². The van der Waals surface area contributed by atoms with Crippen molar-refractivity contribution in [1.82, 2.24) is 0 Å². The molecule has 0 saturated heterocycles. The number of sulfone groups is 1. The van der Waals surface area contributed by atoms with Gasteiger partial charge >= 0.3 is 0 Å². The van der Waals surface area contributed by atoms with Crippen LogP contribution in [0.15, 0.2) is 23.1 Å². The standard InChI is InChI=1S/C11H14FNO2S/c12-9-4-5-11(10(13)6-9)16(14,15)7-8-2-1-3-8/h4-6,8H,1-3,7,13H2. The summed E-state index contributed by atoms with van der Waals surface area (Å²) in [7, 11) is -3.36. The fourth-order valence-corrected chi connectivity index (χ4v) is 3.69. The molecule has 0 unspecified atom stereocenters. The summed E-state index contributed by atoms with van der Waals surface area (Å²) < 4.78 is 36.7. The minimum absolute atomic E-state index is 0.000626. The minimum atomic E-state index is -3.36. The van der Waals surface area contributed by atoms with E-state index in [0.717, 1.165) is 31.4 Å². The number of halogens is 1. The van der Waals surface area contributed by atoms with E-state index in [2.05, 4.69) is 0 Å². The number of benzene rings is 1. The summed E-state index contributed by atoms with van der Waals surface area (Å²) in [4.78, 5) is 0.0563. The summed E-state index contributed by atoms with van der Waals surface area (Å²) in [5, 5.41) is 0. The van der Waals surface area contributed by atoms with Crippen LogP contribution in [-0.2, 0) is 9.84 Å². The van der Waals surface area contributed by atoms with Gasteiger partial charge in [-0.15, -0.1) is 0 Å². The molecule has 1 aliphatic rings. The van der Waals surface area contributed by atoms with Crippen molar-refractivity contribution in [3.8, 4) is 0 Å². The van der Waals surface area contributed by atoms with Gasteiger partial charge in [0.15, 0.2) is 9.84 Å². The van der Waals surface area contributed by atoms with Crippen molar-refractivity contribution in [1.29, 1.82) is 0 Å². The summed E-state index contributed by atoms with van der Waals surface area (Å²) in [5.41, 5.74) is 5.52. The highest BCUT2D eigenvalue weighted by Crippen LogP contribution is 2.31. The summed E-state index contributed by atoms with van der Waals surface area (Å²) in [6.07, 6.45) is 3.01. The maximum Gasteiger partial charge on any atom is 0.180 e. The van der Waals surface area contributed by atoms with Crippen molar-refractivity contribution in [2.45, 2.75) is 24.2 Å². The fraction of sp³-hybridized carbons (Fsp3) is 0.455. The predicted molar refractivity (Wildman–Crippen MR) is 60.2 cm³/mol. The number of anilines is 1. The summed E-state index contributed by atoms with van der Waals surface area (Å²) in [6.45, 7) is 0. The highest BCUT2D eigenvalue weighted by Gasteiger charge is 2.27. The number of rotatable bonds is 3. The molecule has 88 valence electrons. The van der Waals surface area contributed by atoms with Crippen LogP contribution in [0.4, 0.5) is 10.1 Å². The molecule has 1 fully saturated rings. The van der Waals surface area contributed by atoms with Gasteiger partial charge in [-0.1, -0.05) is 6.42 Å². The Kier molecular flexibility index (Phi) is 2.88. The van der Waals surface area contributed by atoms with E-state index in [1.54, 1.807) is 0 Å². The lowest BCUT2D eigenvalue weighted by Crippen LogP contribution is -2.22. The van der Waals surface area contributed by atoms with Crippen LogP contribution in [0.2, 0.25) is 0 Å². The van der Waals surface area contributed by atoms with Gasteiger partial charge in [-0.2, -0.15) is 0 Å². The number of hydrogen-bond acceptors (Lipinski definition) is 3. The molecule has 0 heterocycles. The Hall–Kier alpha value is -1.10.